The minimum atomic E-state index is -0.591. The lowest BCUT2D eigenvalue weighted by molar-refractivity contribution is -0.679. The number of amides is 3. The highest BCUT2D eigenvalue weighted by Gasteiger charge is 2.53. The Morgan fingerprint density at radius 2 is 1.96 bits per heavy atom. The number of morpholine rings is 1. The van der Waals surface area contributed by atoms with Crippen LogP contribution in [-0.4, -0.2) is 83.5 Å². The number of carbonyl (C=O) groups excluding carboxylic acids is 2. The molecule has 3 amide bonds. The quantitative estimate of drug-likeness (QED) is 0.541. The molecule has 4 heterocycles. The molecule has 28 heavy (non-hydrogen) atoms. The first-order valence-corrected chi connectivity index (χ1v) is 9.65. The van der Waals surface area contributed by atoms with Gasteiger partial charge in [-0.25, -0.2) is 13.9 Å². The van der Waals surface area contributed by atoms with Crippen molar-refractivity contribution in [3.05, 3.63) is 24.0 Å². The van der Waals surface area contributed by atoms with E-state index in [0.717, 1.165) is 24.5 Å². The SMILES string of the molecule is C=CC[n+]1c(C)c(C)n2c1N=C1C2C(=O)N(CCN2CCOCC2)C(=O)N1C. The molecule has 3 aliphatic heterocycles. The van der Waals surface area contributed by atoms with E-state index < -0.39 is 6.04 Å². The number of carbonyl (C=O) groups is 2. The number of imide groups is 1. The van der Waals surface area contributed by atoms with E-state index in [1.165, 1.54) is 9.80 Å². The van der Waals surface area contributed by atoms with Crippen molar-refractivity contribution in [1.29, 1.82) is 0 Å². The zero-order chi connectivity index (χ0) is 20.0. The minimum absolute atomic E-state index is 0.210. The van der Waals surface area contributed by atoms with E-state index in [0.29, 0.717) is 44.6 Å². The van der Waals surface area contributed by atoms with Gasteiger partial charge < -0.3 is 4.74 Å². The number of allylic oxidation sites excluding steroid dienone is 1. The van der Waals surface area contributed by atoms with Gasteiger partial charge in [0, 0.05) is 33.2 Å². The predicted octanol–water partition coefficient (Wildman–Crippen LogP) is 0.389. The Balaban J connectivity index is 1.63. The van der Waals surface area contributed by atoms with Gasteiger partial charge in [-0.3, -0.25) is 19.5 Å². The summed E-state index contributed by atoms with van der Waals surface area (Å²) >= 11 is 0. The van der Waals surface area contributed by atoms with E-state index in [1.54, 1.807) is 13.1 Å². The summed E-state index contributed by atoms with van der Waals surface area (Å²) in [6, 6.07) is -0.907. The number of ether oxygens (including phenoxy) is 1. The zero-order valence-corrected chi connectivity index (χ0v) is 16.7. The highest BCUT2D eigenvalue weighted by Crippen LogP contribution is 2.35. The highest BCUT2D eigenvalue weighted by molar-refractivity contribution is 6.20. The number of aromatic nitrogens is 2. The summed E-state index contributed by atoms with van der Waals surface area (Å²) in [5.74, 6) is 0.976. The second-order valence-corrected chi connectivity index (χ2v) is 7.40. The maximum Gasteiger partial charge on any atom is 0.402 e. The maximum absolute atomic E-state index is 13.3. The van der Waals surface area contributed by atoms with Crippen LogP contribution in [0.5, 0.6) is 0 Å². The van der Waals surface area contributed by atoms with Gasteiger partial charge in [-0.2, -0.15) is 0 Å². The zero-order valence-electron chi connectivity index (χ0n) is 16.7. The summed E-state index contributed by atoms with van der Waals surface area (Å²) < 4.78 is 9.34. The van der Waals surface area contributed by atoms with Gasteiger partial charge >= 0.3 is 12.0 Å². The van der Waals surface area contributed by atoms with Crippen LogP contribution in [0.2, 0.25) is 0 Å². The number of hydrogen-bond donors (Lipinski definition) is 0. The molecule has 1 unspecified atom stereocenters. The molecule has 0 spiro atoms. The van der Waals surface area contributed by atoms with Gasteiger partial charge in [0.05, 0.1) is 19.8 Å². The minimum Gasteiger partial charge on any atom is -0.379 e. The van der Waals surface area contributed by atoms with E-state index in [-0.39, 0.29) is 11.9 Å². The monoisotopic (exact) mass is 387 g/mol. The molecule has 1 atom stereocenters. The molecule has 0 saturated carbocycles. The summed E-state index contributed by atoms with van der Waals surface area (Å²) in [6.07, 6.45) is 1.81. The van der Waals surface area contributed by atoms with Crippen LogP contribution >= 0.6 is 0 Å². The Kier molecular flexibility index (Phi) is 4.80. The van der Waals surface area contributed by atoms with Crippen LogP contribution < -0.4 is 4.57 Å². The van der Waals surface area contributed by atoms with E-state index in [2.05, 4.69) is 16.5 Å². The number of fused-ring (bicyclic) bond motifs is 3. The smallest absolute Gasteiger partial charge is 0.379 e. The fourth-order valence-electron chi connectivity index (χ4n) is 4.12. The molecular formula is C19H27N6O3+. The van der Waals surface area contributed by atoms with Crippen molar-refractivity contribution in [2.45, 2.75) is 26.4 Å². The van der Waals surface area contributed by atoms with Crippen molar-refractivity contribution < 1.29 is 18.9 Å². The number of urea groups is 1. The Bertz CT molecular complexity index is 868. The van der Waals surface area contributed by atoms with Crippen molar-refractivity contribution >= 4 is 23.7 Å². The number of amidine groups is 1. The van der Waals surface area contributed by atoms with Crippen LogP contribution in [-0.2, 0) is 16.1 Å². The molecule has 2 fully saturated rings. The van der Waals surface area contributed by atoms with E-state index in [9.17, 15) is 9.59 Å². The van der Waals surface area contributed by atoms with Gasteiger partial charge in [-0.15, -0.1) is 0 Å². The van der Waals surface area contributed by atoms with Gasteiger partial charge in [0.15, 0.2) is 0 Å². The molecule has 1 aromatic rings. The van der Waals surface area contributed by atoms with Gasteiger partial charge in [-0.05, 0) is 13.8 Å². The Hall–Kier alpha value is -2.52. The summed E-state index contributed by atoms with van der Waals surface area (Å²) in [5.41, 5.74) is 2.02. The Morgan fingerprint density at radius 3 is 2.64 bits per heavy atom. The van der Waals surface area contributed by atoms with Crippen molar-refractivity contribution in [2.75, 3.05) is 46.4 Å². The second-order valence-electron chi connectivity index (χ2n) is 7.40. The summed E-state index contributed by atoms with van der Waals surface area (Å²) in [7, 11) is 1.69. The van der Waals surface area contributed by atoms with Crippen LogP contribution in [0.4, 0.5) is 10.7 Å². The average Bonchev–Trinajstić information content (AvgIpc) is 3.19. The summed E-state index contributed by atoms with van der Waals surface area (Å²) in [4.78, 5) is 35.9. The predicted molar refractivity (Wildman–Crippen MR) is 103 cm³/mol. The number of aliphatic imine (C=N–C) groups is 1. The van der Waals surface area contributed by atoms with Crippen molar-refractivity contribution in [3.63, 3.8) is 0 Å². The van der Waals surface area contributed by atoms with Gasteiger partial charge in [0.1, 0.15) is 11.4 Å². The summed E-state index contributed by atoms with van der Waals surface area (Å²) in [5, 5.41) is 0. The molecule has 3 aliphatic rings. The van der Waals surface area contributed by atoms with Crippen LogP contribution in [0.15, 0.2) is 17.6 Å². The number of hydrogen-bond acceptors (Lipinski definition) is 5. The van der Waals surface area contributed by atoms with Gasteiger partial charge in [-0.1, -0.05) is 17.6 Å². The Morgan fingerprint density at radius 1 is 1.25 bits per heavy atom. The standard InChI is InChI=1S/C19H27N6O3/c1-5-6-23-13(2)14(3)25-15-16(20-18(23)25)21(4)19(27)24(17(15)26)8-7-22-9-11-28-12-10-22/h5,15H,1,6-12H2,2-4H3/q+1. The lowest BCUT2D eigenvalue weighted by Gasteiger charge is -2.35. The van der Waals surface area contributed by atoms with Crippen LogP contribution in [0.1, 0.15) is 17.4 Å². The first-order valence-electron chi connectivity index (χ1n) is 9.65. The molecule has 9 nitrogen and oxygen atoms in total. The molecule has 4 rings (SSSR count). The fraction of sp³-hybridized carbons (Fsp3) is 0.579. The third kappa shape index (κ3) is 2.77. The van der Waals surface area contributed by atoms with E-state index in [4.69, 9.17) is 4.74 Å². The van der Waals surface area contributed by atoms with E-state index in [1.807, 2.05) is 23.0 Å². The lowest BCUT2D eigenvalue weighted by atomic mass is 10.1. The maximum atomic E-state index is 13.3. The highest BCUT2D eigenvalue weighted by atomic mass is 16.5. The molecule has 0 aliphatic carbocycles. The molecule has 1 aromatic heterocycles. The first kappa shape index (κ1) is 18.8. The molecule has 9 heteroatoms. The first-order chi connectivity index (χ1) is 13.5. The fourth-order valence-corrected chi connectivity index (χ4v) is 4.12. The molecule has 0 N–H and O–H groups in total. The molecule has 0 radical (unpaired) electrons. The van der Waals surface area contributed by atoms with Crippen molar-refractivity contribution in [2.24, 2.45) is 4.99 Å². The Labute approximate surface area is 164 Å². The number of nitrogens with zero attached hydrogens (tertiary/aromatic N) is 6. The van der Waals surface area contributed by atoms with Crippen molar-refractivity contribution in [3.8, 4) is 0 Å². The van der Waals surface area contributed by atoms with E-state index >= 15 is 0 Å². The van der Waals surface area contributed by atoms with Crippen LogP contribution in [0, 0.1) is 13.8 Å². The third-order valence-electron chi connectivity index (χ3n) is 5.88. The second kappa shape index (κ2) is 7.14. The van der Waals surface area contributed by atoms with Gasteiger partial charge in [0.2, 0.25) is 11.9 Å². The normalized spacial score (nSPS) is 22.4. The number of imidazole rings is 1. The number of rotatable bonds is 5. The topological polar surface area (TPSA) is 74.3 Å². The molecule has 0 aromatic carbocycles. The average molecular weight is 387 g/mol. The van der Waals surface area contributed by atoms with Crippen molar-refractivity contribution in [1.82, 2.24) is 19.3 Å². The number of likely N-dealkylation sites (N-methyl/N-ethyl adjacent to an activating group) is 1. The molecule has 150 valence electrons. The lowest BCUT2D eigenvalue weighted by Crippen LogP contribution is -2.59. The summed E-state index contributed by atoms with van der Waals surface area (Å²) in [6.45, 7) is 12.5. The molecule has 0 bridgehead atoms. The largest absolute Gasteiger partial charge is 0.402 e. The van der Waals surface area contributed by atoms with Crippen LogP contribution in [0.3, 0.4) is 0 Å². The van der Waals surface area contributed by atoms with Crippen LogP contribution in [0.25, 0.3) is 0 Å². The molecular weight excluding hydrogens is 360 g/mol. The molecule has 2 saturated heterocycles. The van der Waals surface area contributed by atoms with Gasteiger partial charge in [0.25, 0.3) is 5.91 Å². The third-order valence-corrected chi connectivity index (χ3v) is 5.88.